The van der Waals surface area contributed by atoms with Crippen LogP contribution in [0.15, 0.2) is 23.1 Å². The fourth-order valence-corrected chi connectivity index (χ4v) is 1.68. The van der Waals surface area contributed by atoms with Crippen LogP contribution in [0.2, 0.25) is 0 Å². The molecule has 0 aliphatic heterocycles. The summed E-state index contributed by atoms with van der Waals surface area (Å²) in [4.78, 5) is 23.3. The Morgan fingerprint density at radius 1 is 1.53 bits per heavy atom. The maximum absolute atomic E-state index is 12.1. The van der Waals surface area contributed by atoms with Gasteiger partial charge < -0.3 is 15.6 Å². The van der Waals surface area contributed by atoms with E-state index in [1.54, 1.807) is 18.3 Å². The number of pyridine rings is 1. The van der Waals surface area contributed by atoms with Crippen LogP contribution in [0.5, 0.6) is 0 Å². The van der Waals surface area contributed by atoms with Gasteiger partial charge in [-0.1, -0.05) is 13.8 Å². The van der Waals surface area contributed by atoms with Gasteiger partial charge in [-0.15, -0.1) is 0 Å². The van der Waals surface area contributed by atoms with Crippen molar-refractivity contribution in [3.63, 3.8) is 0 Å². The molecule has 17 heavy (non-hydrogen) atoms. The second-order valence-electron chi connectivity index (χ2n) is 3.89. The van der Waals surface area contributed by atoms with Gasteiger partial charge in [0.25, 0.3) is 5.56 Å². The van der Waals surface area contributed by atoms with Crippen LogP contribution in [0.1, 0.15) is 32.7 Å². The highest BCUT2D eigenvalue weighted by atomic mass is 16.2. The van der Waals surface area contributed by atoms with E-state index in [0.717, 1.165) is 13.0 Å². The highest BCUT2D eigenvalue weighted by Crippen LogP contribution is 2.09. The van der Waals surface area contributed by atoms with Gasteiger partial charge in [0.2, 0.25) is 5.91 Å². The Kier molecular flexibility index (Phi) is 4.75. The molecule has 1 unspecified atom stereocenters. The number of amides is 1. The monoisotopic (exact) mass is 237 g/mol. The van der Waals surface area contributed by atoms with E-state index in [9.17, 15) is 9.59 Å². The van der Waals surface area contributed by atoms with Crippen molar-refractivity contribution < 1.29 is 4.79 Å². The molecular formula is C12H19N3O2. The first-order valence-corrected chi connectivity index (χ1v) is 5.86. The predicted octanol–water partition coefficient (Wildman–Crippen LogP) is 1.11. The highest BCUT2D eigenvalue weighted by Gasteiger charge is 2.17. The van der Waals surface area contributed by atoms with E-state index in [-0.39, 0.29) is 5.56 Å². The molecule has 0 radical (unpaired) electrons. The van der Waals surface area contributed by atoms with Crippen LogP contribution in [-0.2, 0) is 4.79 Å². The van der Waals surface area contributed by atoms with E-state index in [1.807, 2.05) is 13.8 Å². The second kappa shape index (κ2) is 6.08. The Hall–Kier alpha value is -1.78. The van der Waals surface area contributed by atoms with Gasteiger partial charge in [-0.25, -0.2) is 0 Å². The quantitative estimate of drug-likeness (QED) is 0.778. The van der Waals surface area contributed by atoms with Gasteiger partial charge in [0.1, 0.15) is 11.7 Å². The van der Waals surface area contributed by atoms with Gasteiger partial charge in [0.15, 0.2) is 0 Å². The molecule has 94 valence electrons. The molecule has 1 aromatic rings. The molecule has 3 N–H and O–H groups in total. The summed E-state index contributed by atoms with van der Waals surface area (Å²) in [5.41, 5.74) is 5.59. The van der Waals surface area contributed by atoms with Crippen molar-refractivity contribution in [2.24, 2.45) is 5.73 Å². The molecule has 1 atom stereocenters. The zero-order valence-electron chi connectivity index (χ0n) is 10.3. The molecule has 0 aliphatic rings. The van der Waals surface area contributed by atoms with Crippen LogP contribution < -0.4 is 16.6 Å². The highest BCUT2D eigenvalue weighted by molar-refractivity contribution is 5.78. The lowest BCUT2D eigenvalue weighted by atomic mass is 10.2. The average molecular weight is 237 g/mol. The van der Waals surface area contributed by atoms with Crippen molar-refractivity contribution >= 4 is 11.6 Å². The fraction of sp³-hybridized carbons (Fsp3) is 0.500. The number of nitrogens with zero attached hydrogens (tertiary/aromatic N) is 1. The molecule has 1 rings (SSSR count). The van der Waals surface area contributed by atoms with E-state index < -0.39 is 11.9 Å². The Balaban J connectivity index is 3.09. The third-order valence-electron chi connectivity index (χ3n) is 2.59. The van der Waals surface area contributed by atoms with Crippen molar-refractivity contribution in [2.45, 2.75) is 32.7 Å². The zero-order valence-corrected chi connectivity index (χ0v) is 10.3. The van der Waals surface area contributed by atoms with E-state index in [2.05, 4.69) is 5.32 Å². The zero-order chi connectivity index (χ0) is 12.8. The van der Waals surface area contributed by atoms with Crippen LogP contribution >= 0.6 is 0 Å². The summed E-state index contributed by atoms with van der Waals surface area (Å²) in [6, 6.07) is 2.87. The van der Waals surface area contributed by atoms with Gasteiger partial charge >= 0.3 is 0 Å². The molecule has 0 aliphatic carbocycles. The van der Waals surface area contributed by atoms with Crippen LogP contribution in [-0.4, -0.2) is 17.0 Å². The van der Waals surface area contributed by atoms with E-state index in [0.29, 0.717) is 12.1 Å². The maximum atomic E-state index is 12.1. The van der Waals surface area contributed by atoms with Crippen LogP contribution in [0, 0.1) is 0 Å². The molecule has 1 amide bonds. The minimum Gasteiger partial charge on any atom is -0.381 e. The molecule has 0 aromatic carbocycles. The smallest absolute Gasteiger partial charge is 0.274 e. The number of nitrogens with two attached hydrogens (primary N) is 1. The number of anilines is 1. The minimum absolute atomic E-state index is 0.202. The lowest BCUT2D eigenvalue weighted by molar-refractivity contribution is -0.121. The van der Waals surface area contributed by atoms with Crippen molar-refractivity contribution in [1.29, 1.82) is 0 Å². The standard InChI is InChI=1S/C12H19N3O2/c1-3-7-14-9-6-5-8-15(12(9)17)10(4-2)11(13)16/h5-6,8,10,14H,3-4,7H2,1-2H3,(H2,13,16). The third kappa shape index (κ3) is 3.09. The Labute approximate surface area is 101 Å². The Morgan fingerprint density at radius 2 is 2.24 bits per heavy atom. The van der Waals surface area contributed by atoms with Crippen LogP contribution in [0.3, 0.4) is 0 Å². The number of nitrogens with one attached hydrogen (secondary N) is 1. The number of rotatable bonds is 6. The van der Waals surface area contributed by atoms with Crippen LogP contribution in [0.4, 0.5) is 5.69 Å². The molecule has 0 saturated carbocycles. The Bertz CT molecular complexity index is 440. The van der Waals surface area contributed by atoms with Gasteiger partial charge in [0.05, 0.1) is 0 Å². The molecule has 5 heteroatoms. The molecule has 0 fully saturated rings. The van der Waals surface area contributed by atoms with Crippen molar-refractivity contribution in [3.05, 3.63) is 28.7 Å². The number of aromatic nitrogens is 1. The van der Waals surface area contributed by atoms with Gasteiger partial charge in [0, 0.05) is 12.7 Å². The average Bonchev–Trinajstić information content (AvgIpc) is 2.30. The topological polar surface area (TPSA) is 77.1 Å². The lowest BCUT2D eigenvalue weighted by Gasteiger charge is -2.15. The van der Waals surface area contributed by atoms with Crippen molar-refractivity contribution in [1.82, 2.24) is 4.57 Å². The normalized spacial score (nSPS) is 12.1. The summed E-state index contributed by atoms with van der Waals surface area (Å²) >= 11 is 0. The van der Waals surface area contributed by atoms with Crippen molar-refractivity contribution in [3.8, 4) is 0 Å². The first-order valence-electron chi connectivity index (χ1n) is 5.86. The van der Waals surface area contributed by atoms with Crippen LogP contribution in [0.25, 0.3) is 0 Å². The molecule has 1 aromatic heterocycles. The molecular weight excluding hydrogens is 218 g/mol. The summed E-state index contributed by atoms with van der Waals surface area (Å²) in [6.45, 7) is 4.58. The number of carbonyl (C=O) groups excluding carboxylic acids is 1. The number of hydrogen-bond acceptors (Lipinski definition) is 3. The number of hydrogen-bond donors (Lipinski definition) is 2. The summed E-state index contributed by atoms with van der Waals surface area (Å²) in [5, 5.41) is 3.04. The summed E-state index contributed by atoms with van der Waals surface area (Å²) in [7, 11) is 0. The van der Waals surface area contributed by atoms with Gasteiger partial charge in [-0.05, 0) is 25.0 Å². The first-order chi connectivity index (χ1) is 8.11. The van der Waals surface area contributed by atoms with Gasteiger partial charge in [-0.3, -0.25) is 9.59 Å². The molecule has 1 heterocycles. The fourth-order valence-electron chi connectivity index (χ4n) is 1.68. The summed E-state index contributed by atoms with van der Waals surface area (Å²) in [6.07, 6.45) is 3.03. The minimum atomic E-state index is -0.578. The SMILES string of the molecule is CCCNc1cccn(C(CC)C(N)=O)c1=O. The Morgan fingerprint density at radius 3 is 2.76 bits per heavy atom. The number of carbonyl (C=O) groups is 1. The predicted molar refractivity (Wildman–Crippen MR) is 68.0 cm³/mol. The second-order valence-corrected chi connectivity index (χ2v) is 3.89. The maximum Gasteiger partial charge on any atom is 0.274 e. The molecule has 0 bridgehead atoms. The third-order valence-corrected chi connectivity index (χ3v) is 2.59. The van der Waals surface area contributed by atoms with Crippen molar-refractivity contribution in [2.75, 3.05) is 11.9 Å². The van der Waals surface area contributed by atoms with E-state index in [4.69, 9.17) is 5.73 Å². The van der Waals surface area contributed by atoms with E-state index in [1.165, 1.54) is 4.57 Å². The largest absolute Gasteiger partial charge is 0.381 e. The van der Waals surface area contributed by atoms with Gasteiger partial charge in [-0.2, -0.15) is 0 Å². The lowest BCUT2D eigenvalue weighted by Crippen LogP contribution is -2.34. The first kappa shape index (κ1) is 13.3. The summed E-state index contributed by atoms with van der Waals surface area (Å²) in [5.74, 6) is -0.484. The summed E-state index contributed by atoms with van der Waals surface area (Å²) < 4.78 is 1.39. The molecule has 0 saturated heterocycles. The number of primary amides is 1. The molecule has 0 spiro atoms. The molecule has 5 nitrogen and oxygen atoms in total. The van der Waals surface area contributed by atoms with E-state index >= 15 is 0 Å².